The van der Waals surface area contributed by atoms with Crippen molar-refractivity contribution in [2.75, 3.05) is 19.8 Å². The van der Waals surface area contributed by atoms with Gasteiger partial charge in [-0.2, -0.15) is 0 Å². The quantitative estimate of drug-likeness (QED) is 0.372. The fourth-order valence-corrected chi connectivity index (χ4v) is 3.68. The highest BCUT2D eigenvalue weighted by molar-refractivity contribution is 5.79. The number of nitrogens with zero attached hydrogens (tertiary/aromatic N) is 2. The third-order valence-electron chi connectivity index (χ3n) is 5.44. The van der Waals surface area contributed by atoms with Gasteiger partial charge in [0.1, 0.15) is 12.4 Å². The summed E-state index contributed by atoms with van der Waals surface area (Å²) in [4.78, 5) is 9.13. The summed E-state index contributed by atoms with van der Waals surface area (Å²) in [6, 6.07) is 16.2. The summed E-state index contributed by atoms with van der Waals surface area (Å²) >= 11 is 0. The largest absolute Gasteiger partial charge is 0.491 e. The number of rotatable bonds is 9. The van der Waals surface area contributed by atoms with Gasteiger partial charge in [-0.3, -0.25) is 0 Å². The Kier molecular flexibility index (Phi) is 7.98. The molecular formula is C26H32N4O3. The number of ether oxygens (including phenoxy) is 2. The maximum atomic E-state index is 6.11. The van der Waals surface area contributed by atoms with Crippen molar-refractivity contribution in [2.45, 2.75) is 45.9 Å². The molecule has 0 bridgehead atoms. The predicted molar refractivity (Wildman–Crippen MR) is 129 cm³/mol. The molecule has 1 aromatic heterocycles. The van der Waals surface area contributed by atoms with E-state index in [1.165, 1.54) is 0 Å². The van der Waals surface area contributed by atoms with E-state index in [4.69, 9.17) is 18.9 Å². The lowest BCUT2D eigenvalue weighted by Gasteiger charge is -2.15. The van der Waals surface area contributed by atoms with Crippen molar-refractivity contribution in [3.05, 3.63) is 71.7 Å². The monoisotopic (exact) mass is 448 g/mol. The number of aryl methyl sites for hydroxylation is 1. The molecule has 0 aliphatic carbocycles. The first-order valence-corrected chi connectivity index (χ1v) is 11.6. The van der Waals surface area contributed by atoms with Gasteiger partial charge in [-0.25, -0.2) is 9.98 Å². The Morgan fingerprint density at radius 1 is 1.18 bits per heavy atom. The van der Waals surface area contributed by atoms with Gasteiger partial charge in [0.25, 0.3) is 0 Å². The summed E-state index contributed by atoms with van der Waals surface area (Å²) in [6.45, 7) is 7.20. The second-order valence-corrected chi connectivity index (χ2v) is 8.09. The molecule has 1 unspecified atom stereocenters. The topological polar surface area (TPSA) is 80.9 Å². The minimum absolute atomic E-state index is 0.183. The van der Waals surface area contributed by atoms with Crippen molar-refractivity contribution in [1.29, 1.82) is 0 Å². The highest BCUT2D eigenvalue weighted by atomic mass is 16.5. The molecule has 0 spiro atoms. The van der Waals surface area contributed by atoms with Crippen LogP contribution in [0.25, 0.3) is 11.3 Å². The molecule has 1 fully saturated rings. The highest BCUT2D eigenvalue weighted by Gasteiger charge is 2.17. The van der Waals surface area contributed by atoms with Crippen molar-refractivity contribution in [2.24, 2.45) is 4.99 Å². The van der Waals surface area contributed by atoms with Crippen LogP contribution in [-0.4, -0.2) is 36.8 Å². The van der Waals surface area contributed by atoms with Crippen LogP contribution in [0.2, 0.25) is 0 Å². The zero-order valence-corrected chi connectivity index (χ0v) is 19.3. The molecule has 0 saturated carbocycles. The minimum Gasteiger partial charge on any atom is -0.491 e. The van der Waals surface area contributed by atoms with Crippen molar-refractivity contribution >= 4 is 5.96 Å². The van der Waals surface area contributed by atoms with Gasteiger partial charge >= 0.3 is 0 Å². The molecular weight excluding hydrogens is 416 g/mol. The molecule has 2 N–H and O–H groups in total. The Morgan fingerprint density at radius 2 is 2.06 bits per heavy atom. The number of aliphatic imine (C=N–C) groups is 1. The molecule has 0 amide bonds. The fourth-order valence-electron chi connectivity index (χ4n) is 3.68. The van der Waals surface area contributed by atoms with E-state index in [2.05, 4.69) is 40.7 Å². The smallest absolute Gasteiger partial charge is 0.214 e. The molecule has 0 radical (unpaired) electrons. The Bertz CT molecular complexity index is 1040. The van der Waals surface area contributed by atoms with Crippen LogP contribution < -0.4 is 15.4 Å². The lowest BCUT2D eigenvalue weighted by atomic mass is 10.1. The molecule has 33 heavy (non-hydrogen) atoms. The van der Waals surface area contributed by atoms with E-state index < -0.39 is 0 Å². The first-order chi connectivity index (χ1) is 16.2. The molecule has 174 valence electrons. The van der Waals surface area contributed by atoms with Gasteiger partial charge in [0, 0.05) is 24.3 Å². The summed E-state index contributed by atoms with van der Waals surface area (Å²) in [6.07, 6.45) is 4.09. The Morgan fingerprint density at radius 3 is 2.85 bits per heavy atom. The second kappa shape index (κ2) is 11.5. The van der Waals surface area contributed by atoms with Crippen molar-refractivity contribution in [3.8, 4) is 17.1 Å². The molecule has 3 aromatic rings. The number of aromatic nitrogens is 1. The lowest BCUT2D eigenvalue weighted by Crippen LogP contribution is -2.36. The lowest BCUT2D eigenvalue weighted by molar-refractivity contribution is 0.0676. The number of guanidine groups is 1. The molecule has 7 heteroatoms. The Hall–Kier alpha value is -3.32. The van der Waals surface area contributed by atoms with Gasteiger partial charge < -0.3 is 24.5 Å². The zero-order chi connectivity index (χ0) is 22.9. The van der Waals surface area contributed by atoms with Gasteiger partial charge in [-0.15, -0.1) is 0 Å². The Balaban J connectivity index is 1.38. The zero-order valence-electron chi connectivity index (χ0n) is 19.3. The second-order valence-electron chi connectivity index (χ2n) is 8.09. The molecule has 4 rings (SSSR count). The summed E-state index contributed by atoms with van der Waals surface area (Å²) in [7, 11) is 0. The van der Waals surface area contributed by atoms with E-state index in [0.29, 0.717) is 31.5 Å². The first-order valence-electron chi connectivity index (χ1n) is 11.6. The number of benzene rings is 2. The number of hydrogen-bond donors (Lipinski definition) is 2. The number of hydrogen-bond acceptors (Lipinski definition) is 5. The van der Waals surface area contributed by atoms with Crippen molar-refractivity contribution in [3.63, 3.8) is 0 Å². The normalized spacial score (nSPS) is 16.1. The number of nitrogens with one attached hydrogen (secondary N) is 2. The van der Waals surface area contributed by atoms with Crippen LogP contribution >= 0.6 is 0 Å². The predicted octanol–water partition coefficient (Wildman–Crippen LogP) is 4.46. The molecule has 1 aliphatic rings. The van der Waals surface area contributed by atoms with Crippen LogP contribution in [0.3, 0.4) is 0 Å². The van der Waals surface area contributed by atoms with Gasteiger partial charge in [0.15, 0.2) is 11.7 Å². The minimum atomic E-state index is 0.183. The molecule has 1 aliphatic heterocycles. The van der Waals surface area contributed by atoms with E-state index in [-0.39, 0.29) is 6.10 Å². The summed E-state index contributed by atoms with van der Waals surface area (Å²) in [5, 5.41) is 6.58. The maximum Gasteiger partial charge on any atom is 0.214 e. The maximum absolute atomic E-state index is 6.11. The van der Waals surface area contributed by atoms with E-state index >= 15 is 0 Å². The summed E-state index contributed by atoms with van der Waals surface area (Å²) < 4.78 is 17.7. The molecule has 2 heterocycles. The standard InChI is InChI=1S/C26H32N4O3/c1-3-27-26(30-17-25-28-16-24(33-25)20-8-5-4-6-9-20)29-15-21-12-11-19(2)14-23(21)32-18-22-10-7-13-31-22/h4-6,8-9,11-12,14,16,22H,3,7,10,13,15,17-18H2,1-2H3,(H2,27,29,30). The number of oxazole rings is 1. The third kappa shape index (κ3) is 6.58. The van der Waals surface area contributed by atoms with E-state index in [9.17, 15) is 0 Å². The molecule has 7 nitrogen and oxygen atoms in total. The Labute approximate surface area is 195 Å². The molecule has 1 saturated heterocycles. The third-order valence-corrected chi connectivity index (χ3v) is 5.44. The van der Waals surface area contributed by atoms with Crippen LogP contribution in [0.15, 0.2) is 64.1 Å². The van der Waals surface area contributed by atoms with Crippen LogP contribution in [0, 0.1) is 6.92 Å². The van der Waals surface area contributed by atoms with Gasteiger partial charge in [-0.05, 0) is 38.3 Å². The SMILES string of the molecule is CCNC(=NCc1ccc(C)cc1OCC1CCCO1)NCc1ncc(-c2ccccc2)o1. The average molecular weight is 449 g/mol. The van der Waals surface area contributed by atoms with Gasteiger partial charge in [0.05, 0.1) is 25.4 Å². The fraction of sp³-hybridized carbons (Fsp3) is 0.385. The first kappa shape index (κ1) is 22.9. The van der Waals surface area contributed by atoms with Crippen molar-refractivity contribution in [1.82, 2.24) is 15.6 Å². The highest BCUT2D eigenvalue weighted by Crippen LogP contribution is 2.23. The van der Waals surface area contributed by atoms with Crippen LogP contribution in [0.5, 0.6) is 5.75 Å². The van der Waals surface area contributed by atoms with Crippen molar-refractivity contribution < 1.29 is 13.9 Å². The molecule has 2 aromatic carbocycles. The van der Waals surface area contributed by atoms with E-state index in [1.54, 1.807) is 6.20 Å². The summed E-state index contributed by atoms with van der Waals surface area (Å²) in [5.41, 5.74) is 3.21. The van der Waals surface area contributed by atoms with E-state index in [0.717, 1.165) is 54.2 Å². The average Bonchev–Trinajstić information content (AvgIpc) is 3.53. The van der Waals surface area contributed by atoms with Gasteiger partial charge in [-0.1, -0.05) is 42.5 Å². The summed E-state index contributed by atoms with van der Waals surface area (Å²) in [5.74, 6) is 2.92. The van der Waals surface area contributed by atoms with Gasteiger partial charge in [0.2, 0.25) is 5.89 Å². The van der Waals surface area contributed by atoms with Crippen LogP contribution in [0.4, 0.5) is 0 Å². The van der Waals surface area contributed by atoms with Crippen LogP contribution in [-0.2, 0) is 17.8 Å². The van der Waals surface area contributed by atoms with E-state index in [1.807, 2.05) is 37.3 Å². The van der Waals surface area contributed by atoms with Crippen LogP contribution in [0.1, 0.15) is 36.8 Å². The molecule has 1 atom stereocenters.